The molecular formula is C13H9N3O3. The molecule has 1 aromatic heterocycles. The first kappa shape index (κ1) is 11.2. The molecule has 0 unspecified atom stereocenters. The number of fused-ring (bicyclic) bond motifs is 1. The van der Waals surface area contributed by atoms with Crippen molar-refractivity contribution in [3.05, 3.63) is 36.0 Å². The van der Waals surface area contributed by atoms with Crippen LogP contribution < -0.4 is 19.9 Å². The molecule has 3 rings (SSSR count). The molecule has 1 aliphatic heterocycles. The van der Waals surface area contributed by atoms with Gasteiger partial charge in [0.2, 0.25) is 12.7 Å². The van der Waals surface area contributed by atoms with Gasteiger partial charge in [0.15, 0.2) is 11.5 Å². The Hall–Kier alpha value is -2.94. The molecule has 94 valence electrons. The van der Waals surface area contributed by atoms with Gasteiger partial charge in [0.25, 0.3) is 0 Å². The number of pyridine rings is 1. The van der Waals surface area contributed by atoms with E-state index in [4.69, 9.17) is 25.2 Å². The molecule has 2 heterocycles. The monoisotopic (exact) mass is 255 g/mol. The molecule has 2 aromatic rings. The van der Waals surface area contributed by atoms with Crippen molar-refractivity contribution < 1.29 is 14.2 Å². The van der Waals surface area contributed by atoms with Gasteiger partial charge in [-0.1, -0.05) is 0 Å². The second kappa shape index (κ2) is 4.38. The number of benzene rings is 1. The van der Waals surface area contributed by atoms with Crippen LogP contribution in [0.2, 0.25) is 0 Å². The summed E-state index contributed by atoms with van der Waals surface area (Å²) < 4.78 is 16.0. The van der Waals surface area contributed by atoms with E-state index in [1.807, 2.05) is 6.07 Å². The lowest BCUT2D eigenvalue weighted by Crippen LogP contribution is -1.96. The number of nitrogen functional groups attached to an aromatic ring is 1. The molecule has 0 aliphatic carbocycles. The topological polar surface area (TPSA) is 90.4 Å². The second-order valence-corrected chi connectivity index (χ2v) is 3.85. The summed E-state index contributed by atoms with van der Waals surface area (Å²) in [5, 5.41) is 8.73. The number of ether oxygens (including phenoxy) is 3. The van der Waals surface area contributed by atoms with Crippen molar-refractivity contribution in [2.45, 2.75) is 0 Å². The van der Waals surface area contributed by atoms with E-state index in [9.17, 15) is 0 Å². The van der Waals surface area contributed by atoms with Crippen LogP contribution in [0.4, 0.5) is 5.69 Å². The molecule has 0 atom stereocenters. The average Bonchev–Trinajstić information content (AvgIpc) is 2.88. The minimum atomic E-state index is 0.204. The Morgan fingerprint density at radius 3 is 2.89 bits per heavy atom. The highest BCUT2D eigenvalue weighted by Gasteiger charge is 2.14. The minimum absolute atomic E-state index is 0.204. The Morgan fingerprint density at radius 2 is 2.11 bits per heavy atom. The predicted molar refractivity (Wildman–Crippen MR) is 66.0 cm³/mol. The van der Waals surface area contributed by atoms with E-state index in [0.717, 1.165) is 0 Å². The van der Waals surface area contributed by atoms with Crippen LogP contribution in [0.1, 0.15) is 5.56 Å². The highest BCUT2D eigenvalue weighted by molar-refractivity contribution is 5.54. The van der Waals surface area contributed by atoms with Crippen molar-refractivity contribution in [1.82, 2.24) is 4.98 Å². The molecule has 0 radical (unpaired) electrons. The standard InChI is InChI=1S/C13H9N3O3/c14-5-8-3-10(15)13(16-6-8)19-9-1-2-11-12(4-9)18-7-17-11/h1-4,6H,7,15H2. The Balaban J connectivity index is 1.87. The SMILES string of the molecule is N#Cc1cnc(Oc2ccc3c(c2)OCO3)c(N)c1. The fourth-order valence-electron chi connectivity index (χ4n) is 1.67. The van der Waals surface area contributed by atoms with Crippen molar-refractivity contribution in [1.29, 1.82) is 5.26 Å². The zero-order valence-electron chi connectivity index (χ0n) is 9.79. The molecule has 1 aromatic carbocycles. The summed E-state index contributed by atoms with van der Waals surface area (Å²) in [4.78, 5) is 4.00. The van der Waals surface area contributed by atoms with Gasteiger partial charge in [0, 0.05) is 12.3 Å². The van der Waals surface area contributed by atoms with Crippen molar-refractivity contribution in [3.63, 3.8) is 0 Å². The number of nitriles is 1. The van der Waals surface area contributed by atoms with Gasteiger partial charge < -0.3 is 19.9 Å². The molecule has 1 aliphatic rings. The van der Waals surface area contributed by atoms with Crippen LogP contribution in [-0.2, 0) is 0 Å². The fraction of sp³-hybridized carbons (Fsp3) is 0.0769. The van der Waals surface area contributed by atoms with Gasteiger partial charge in [0.05, 0.1) is 11.3 Å². The van der Waals surface area contributed by atoms with Gasteiger partial charge >= 0.3 is 0 Å². The number of aromatic nitrogens is 1. The summed E-state index contributed by atoms with van der Waals surface area (Å²) in [5.41, 5.74) is 6.45. The van der Waals surface area contributed by atoms with Crippen molar-refractivity contribution in [2.75, 3.05) is 12.5 Å². The first-order valence-electron chi connectivity index (χ1n) is 5.49. The third-order valence-corrected chi connectivity index (χ3v) is 2.57. The first-order valence-corrected chi connectivity index (χ1v) is 5.49. The van der Waals surface area contributed by atoms with E-state index in [-0.39, 0.29) is 12.7 Å². The van der Waals surface area contributed by atoms with Crippen LogP contribution in [0.25, 0.3) is 0 Å². The van der Waals surface area contributed by atoms with Gasteiger partial charge in [-0.05, 0) is 18.2 Å². The highest BCUT2D eigenvalue weighted by atomic mass is 16.7. The summed E-state index contributed by atoms with van der Waals surface area (Å²) >= 11 is 0. The van der Waals surface area contributed by atoms with Crippen LogP contribution in [0.5, 0.6) is 23.1 Å². The molecule has 0 saturated heterocycles. The van der Waals surface area contributed by atoms with Crippen LogP contribution in [0.15, 0.2) is 30.5 Å². The number of nitrogens with zero attached hydrogens (tertiary/aromatic N) is 2. The lowest BCUT2D eigenvalue weighted by molar-refractivity contribution is 0.174. The van der Waals surface area contributed by atoms with E-state index < -0.39 is 0 Å². The number of hydrogen-bond donors (Lipinski definition) is 1. The van der Waals surface area contributed by atoms with Gasteiger partial charge in [0.1, 0.15) is 11.8 Å². The number of anilines is 1. The molecule has 0 bridgehead atoms. The van der Waals surface area contributed by atoms with Crippen LogP contribution >= 0.6 is 0 Å². The molecule has 0 spiro atoms. The lowest BCUT2D eigenvalue weighted by Gasteiger charge is -2.07. The fourth-order valence-corrected chi connectivity index (χ4v) is 1.67. The zero-order chi connectivity index (χ0) is 13.2. The molecule has 0 amide bonds. The van der Waals surface area contributed by atoms with Crippen LogP contribution in [-0.4, -0.2) is 11.8 Å². The van der Waals surface area contributed by atoms with Gasteiger partial charge in [-0.2, -0.15) is 5.26 Å². The number of rotatable bonds is 2. The minimum Gasteiger partial charge on any atom is -0.454 e. The van der Waals surface area contributed by atoms with Crippen LogP contribution in [0, 0.1) is 11.3 Å². The molecule has 0 saturated carbocycles. The van der Waals surface area contributed by atoms with E-state index >= 15 is 0 Å². The van der Waals surface area contributed by atoms with E-state index in [1.54, 1.807) is 18.2 Å². The molecule has 0 fully saturated rings. The number of hydrogen-bond acceptors (Lipinski definition) is 6. The Morgan fingerprint density at radius 1 is 1.26 bits per heavy atom. The molecule has 6 nitrogen and oxygen atoms in total. The van der Waals surface area contributed by atoms with Crippen LogP contribution in [0.3, 0.4) is 0 Å². The quantitative estimate of drug-likeness (QED) is 0.883. The van der Waals surface area contributed by atoms with E-state index in [2.05, 4.69) is 4.98 Å². The summed E-state index contributed by atoms with van der Waals surface area (Å²) in [5.74, 6) is 2.07. The Bertz CT molecular complexity index is 679. The molecule has 6 heteroatoms. The Kier molecular flexibility index (Phi) is 2.58. The Labute approximate surface area is 109 Å². The van der Waals surface area contributed by atoms with E-state index in [1.165, 1.54) is 12.3 Å². The highest BCUT2D eigenvalue weighted by Crippen LogP contribution is 2.37. The largest absolute Gasteiger partial charge is 0.454 e. The maximum atomic E-state index is 8.73. The average molecular weight is 255 g/mol. The maximum Gasteiger partial charge on any atom is 0.242 e. The van der Waals surface area contributed by atoms with Gasteiger partial charge in [-0.25, -0.2) is 4.98 Å². The lowest BCUT2D eigenvalue weighted by atomic mass is 10.3. The van der Waals surface area contributed by atoms with Gasteiger partial charge in [-0.15, -0.1) is 0 Å². The third kappa shape index (κ3) is 2.09. The zero-order valence-corrected chi connectivity index (χ0v) is 9.79. The maximum absolute atomic E-state index is 8.73. The summed E-state index contributed by atoms with van der Waals surface area (Å²) in [6.07, 6.45) is 1.40. The first-order chi connectivity index (χ1) is 9.26. The second-order valence-electron chi connectivity index (χ2n) is 3.85. The molecule has 2 N–H and O–H groups in total. The van der Waals surface area contributed by atoms with Crippen molar-refractivity contribution in [2.24, 2.45) is 0 Å². The molecule has 19 heavy (non-hydrogen) atoms. The van der Waals surface area contributed by atoms with Crippen molar-refractivity contribution >= 4 is 5.69 Å². The predicted octanol–water partition coefficient (Wildman–Crippen LogP) is 2.06. The number of nitrogens with two attached hydrogens (primary N) is 1. The summed E-state index contributed by atoms with van der Waals surface area (Å²) in [6, 6.07) is 8.64. The normalized spacial score (nSPS) is 11.9. The van der Waals surface area contributed by atoms with E-state index in [0.29, 0.717) is 28.5 Å². The summed E-state index contributed by atoms with van der Waals surface area (Å²) in [6.45, 7) is 0.204. The van der Waals surface area contributed by atoms with Crippen molar-refractivity contribution in [3.8, 4) is 29.2 Å². The third-order valence-electron chi connectivity index (χ3n) is 2.57. The van der Waals surface area contributed by atoms with Gasteiger partial charge in [-0.3, -0.25) is 0 Å². The molecular weight excluding hydrogens is 246 g/mol. The summed E-state index contributed by atoms with van der Waals surface area (Å²) in [7, 11) is 0. The smallest absolute Gasteiger partial charge is 0.242 e.